The van der Waals surface area contributed by atoms with E-state index in [1.807, 2.05) is 18.2 Å². The highest BCUT2D eigenvalue weighted by Gasteiger charge is 2.23. The van der Waals surface area contributed by atoms with Gasteiger partial charge in [0.2, 0.25) is 5.91 Å². The first-order chi connectivity index (χ1) is 10.6. The van der Waals surface area contributed by atoms with Crippen LogP contribution >= 0.6 is 12.4 Å². The van der Waals surface area contributed by atoms with Gasteiger partial charge in [-0.25, -0.2) is 0 Å². The van der Waals surface area contributed by atoms with Crippen molar-refractivity contribution >= 4 is 24.0 Å². The summed E-state index contributed by atoms with van der Waals surface area (Å²) in [6, 6.07) is 8.52. The van der Waals surface area contributed by atoms with Gasteiger partial charge in [-0.3, -0.25) is 9.69 Å². The van der Waals surface area contributed by atoms with Crippen LogP contribution in [-0.2, 0) is 4.79 Å². The first-order valence-corrected chi connectivity index (χ1v) is 8.44. The quantitative estimate of drug-likeness (QED) is 0.835. The molecule has 1 saturated heterocycles. The van der Waals surface area contributed by atoms with Crippen LogP contribution in [0.15, 0.2) is 24.3 Å². The Bertz CT molecular complexity index is 491. The normalized spacial score (nSPS) is 18.5. The van der Waals surface area contributed by atoms with Crippen LogP contribution in [0.3, 0.4) is 0 Å². The standard InChI is InChI=1S/C18H29N3O.ClH/c1-14(2)16-8-3-4-9-17(16)20-18(22)13-21-12-6-5-7-15(21)10-11-19;/h3-4,8-9,14-15H,5-7,10-13,19H2,1-2H3,(H,20,22);1H. The number of carbonyl (C=O) groups is 1. The second-order valence-electron chi connectivity index (χ2n) is 6.49. The Morgan fingerprint density at radius 2 is 2.09 bits per heavy atom. The number of hydrogen-bond acceptors (Lipinski definition) is 3. The Balaban J connectivity index is 0.00000264. The van der Waals surface area contributed by atoms with Gasteiger partial charge in [0.15, 0.2) is 0 Å². The molecule has 4 nitrogen and oxygen atoms in total. The van der Waals surface area contributed by atoms with Crippen LogP contribution in [0.4, 0.5) is 5.69 Å². The molecule has 1 heterocycles. The molecule has 0 bridgehead atoms. The van der Waals surface area contributed by atoms with Gasteiger partial charge in [-0.1, -0.05) is 38.5 Å². The first kappa shape index (κ1) is 19.9. The second kappa shape index (κ2) is 9.91. The monoisotopic (exact) mass is 339 g/mol. The molecule has 1 aliphatic heterocycles. The van der Waals surface area contributed by atoms with Crippen LogP contribution in [0, 0.1) is 0 Å². The number of nitrogens with one attached hydrogen (secondary N) is 1. The molecule has 1 fully saturated rings. The van der Waals surface area contributed by atoms with Crippen LogP contribution in [0.25, 0.3) is 0 Å². The van der Waals surface area contributed by atoms with Gasteiger partial charge in [0.05, 0.1) is 6.54 Å². The summed E-state index contributed by atoms with van der Waals surface area (Å²) in [6.07, 6.45) is 4.57. The topological polar surface area (TPSA) is 58.4 Å². The van der Waals surface area contributed by atoms with Gasteiger partial charge in [-0.15, -0.1) is 12.4 Å². The number of nitrogens with zero attached hydrogens (tertiary/aromatic N) is 1. The highest BCUT2D eigenvalue weighted by Crippen LogP contribution is 2.24. The second-order valence-corrected chi connectivity index (χ2v) is 6.49. The van der Waals surface area contributed by atoms with E-state index in [2.05, 4.69) is 30.1 Å². The number of carbonyl (C=O) groups excluding carboxylic acids is 1. The lowest BCUT2D eigenvalue weighted by Crippen LogP contribution is -2.44. The Morgan fingerprint density at radius 1 is 1.35 bits per heavy atom. The van der Waals surface area contributed by atoms with Crippen molar-refractivity contribution in [3.05, 3.63) is 29.8 Å². The van der Waals surface area contributed by atoms with E-state index in [0.29, 0.717) is 25.0 Å². The molecule has 1 aromatic rings. The molecule has 5 heteroatoms. The van der Waals surface area contributed by atoms with Gasteiger partial charge in [0.25, 0.3) is 0 Å². The molecule has 2 rings (SSSR count). The molecule has 1 aliphatic rings. The lowest BCUT2D eigenvalue weighted by molar-refractivity contribution is -0.118. The SMILES string of the molecule is CC(C)c1ccccc1NC(=O)CN1CCCCC1CCN.Cl. The Morgan fingerprint density at radius 3 is 2.78 bits per heavy atom. The number of likely N-dealkylation sites (tertiary alicyclic amines) is 1. The fourth-order valence-electron chi connectivity index (χ4n) is 3.28. The molecule has 1 aromatic carbocycles. The van der Waals surface area contributed by atoms with E-state index >= 15 is 0 Å². The third-order valence-corrected chi connectivity index (χ3v) is 4.45. The molecular weight excluding hydrogens is 310 g/mol. The van der Waals surface area contributed by atoms with Crippen molar-refractivity contribution in [3.63, 3.8) is 0 Å². The highest BCUT2D eigenvalue weighted by atomic mass is 35.5. The van der Waals surface area contributed by atoms with Crippen molar-refractivity contribution in [2.24, 2.45) is 5.73 Å². The minimum Gasteiger partial charge on any atom is -0.330 e. The maximum atomic E-state index is 12.4. The zero-order valence-corrected chi connectivity index (χ0v) is 15.1. The van der Waals surface area contributed by atoms with Crippen LogP contribution in [0.1, 0.15) is 51.0 Å². The highest BCUT2D eigenvalue weighted by molar-refractivity contribution is 5.93. The number of piperidine rings is 1. The number of amides is 1. The Kier molecular flexibility index (Phi) is 8.59. The number of para-hydroxylation sites is 1. The average Bonchev–Trinajstić information content (AvgIpc) is 2.50. The summed E-state index contributed by atoms with van der Waals surface area (Å²) in [4.78, 5) is 14.7. The minimum absolute atomic E-state index is 0. The molecule has 0 spiro atoms. The van der Waals surface area contributed by atoms with Crippen molar-refractivity contribution in [2.45, 2.75) is 51.5 Å². The van der Waals surface area contributed by atoms with Crippen molar-refractivity contribution in [2.75, 3.05) is 25.0 Å². The summed E-state index contributed by atoms with van der Waals surface area (Å²) in [5.74, 6) is 0.480. The minimum atomic E-state index is 0. The van der Waals surface area contributed by atoms with Crippen molar-refractivity contribution in [3.8, 4) is 0 Å². The maximum absolute atomic E-state index is 12.4. The summed E-state index contributed by atoms with van der Waals surface area (Å²) in [7, 11) is 0. The van der Waals surface area contributed by atoms with Crippen molar-refractivity contribution < 1.29 is 4.79 Å². The number of hydrogen-bond donors (Lipinski definition) is 2. The van der Waals surface area contributed by atoms with Gasteiger partial charge >= 0.3 is 0 Å². The van der Waals surface area contributed by atoms with Gasteiger partial charge in [-0.05, 0) is 49.9 Å². The lowest BCUT2D eigenvalue weighted by atomic mass is 9.99. The summed E-state index contributed by atoms with van der Waals surface area (Å²) in [5.41, 5.74) is 7.83. The van der Waals surface area contributed by atoms with E-state index in [-0.39, 0.29) is 18.3 Å². The fraction of sp³-hybridized carbons (Fsp3) is 0.611. The largest absolute Gasteiger partial charge is 0.330 e. The van der Waals surface area contributed by atoms with E-state index in [9.17, 15) is 4.79 Å². The van der Waals surface area contributed by atoms with Gasteiger partial charge in [0, 0.05) is 11.7 Å². The molecule has 23 heavy (non-hydrogen) atoms. The van der Waals surface area contributed by atoms with Gasteiger partial charge in [-0.2, -0.15) is 0 Å². The third-order valence-electron chi connectivity index (χ3n) is 4.45. The Hall–Kier alpha value is -1.10. The zero-order valence-electron chi connectivity index (χ0n) is 14.3. The van der Waals surface area contributed by atoms with Crippen molar-refractivity contribution in [1.82, 2.24) is 4.90 Å². The smallest absolute Gasteiger partial charge is 0.238 e. The van der Waals surface area contributed by atoms with E-state index in [4.69, 9.17) is 5.73 Å². The molecule has 0 radical (unpaired) electrons. The lowest BCUT2D eigenvalue weighted by Gasteiger charge is -2.35. The zero-order chi connectivity index (χ0) is 15.9. The van der Waals surface area contributed by atoms with Crippen LogP contribution in [0.2, 0.25) is 0 Å². The van der Waals surface area contributed by atoms with Crippen LogP contribution in [0.5, 0.6) is 0 Å². The molecular formula is C18H30ClN3O. The molecule has 1 atom stereocenters. The third kappa shape index (κ3) is 5.79. The molecule has 130 valence electrons. The molecule has 1 amide bonds. The van der Waals surface area contributed by atoms with Gasteiger partial charge < -0.3 is 11.1 Å². The maximum Gasteiger partial charge on any atom is 0.238 e. The fourth-order valence-corrected chi connectivity index (χ4v) is 3.28. The summed E-state index contributed by atoms with van der Waals surface area (Å²) < 4.78 is 0. The van der Waals surface area contributed by atoms with E-state index < -0.39 is 0 Å². The molecule has 0 aromatic heterocycles. The first-order valence-electron chi connectivity index (χ1n) is 8.44. The van der Waals surface area contributed by atoms with Gasteiger partial charge in [0.1, 0.15) is 0 Å². The van der Waals surface area contributed by atoms with E-state index in [0.717, 1.165) is 25.1 Å². The number of rotatable bonds is 6. The molecule has 3 N–H and O–H groups in total. The average molecular weight is 340 g/mol. The molecule has 1 unspecified atom stereocenters. The summed E-state index contributed by atoms with van der Waals surface area (Å²) in [6.45, 7) is 6.46. The molecule has 0 saturated carbocycles. The summed E-state index contributed by atoms with van der Waals surface area (Å²) in [5, 5.41) is 3.09. The van der Waals surface area contributed by atoms with Crippen molar-refractivity contribution in [1.29, 1.82) is 0 Å². The Labute approximate surface area is 146 Å². The number of anilines is 1. The van der Waals surface area contributed by atoms with Crippen LogP contribution in [-0.4, -0.2) is 36.5 Å². The number of halogens is 1. The van der Waals surface area contributed by atoms with E-state index in [1.165, 1.54) is 18.4 Å². The summed E-state index contributed by atoms with van der Waals surface area (Å²) >= 11 is 0. The van der Waals surface area contributed by atoms with E-state index in [1.54, 1.807) is 0 Å². The predicted octanol–water partition coefficient (Wildman–Crippen LogP) is 3.37. The molecule has 0 aliphatic carbocycles. The number of benzene rings is 1. The van der Waals surface area contributed by atoms with Crippen LogP contribution < -0.4 is 11.1 Å². The number of nitrogens with two attached hydrogens (primary N) is 1. The predicted molar refractivity (Wildman–Crippen MR) is 99.3 cm³/mol.